The van der Waals surface area contributed by atoms with Gasteiger partial charge in [-0.3, -0.25) is 4.90 Å². The molecule has 0 bridgehead atoms. The van der Waals surface area contributed by atoms with Crippen LogP contribution < -0.4 is 5.32 Å². The van der Waals surface area contributed by atoms with Crippen LogP contribution in [0.25, 0.3) is 22.3 Å². The highest BCUT2D eigenvalue weighted by Gasteiger charge is 2.20. The van der Waals surface area contributed by atoms with Gasteiger partial charge in [-0.2, -0.15) is 0 Å². The maximum atomic E-state index is 13.4. The topological polar surface area (TPSA) is 90.5 Å². The molecule has 180 valence electrons. The molecule has 35 heavy (non-hydrogen) atoms. The number of ether oxygens (including phenoxy) is 1. The van der Waals surface area contributed by atoms with Crippen LogP contribution >= 0.6 is 0 Å². The van der Waals surface area contributed by atoms with Crippen molar-refractivity contribution in [2.24, 2.45) is 0 Å². The first-order valence-corrected chi connectivity index (χ1v) is 11.7. The van der Waals surface area contributed by atoms with Crippen LogP contribution in [-0.2, 0) is 17.7 Å². The number of hydrogen-bond donors (Lipinski definition) is 3. The average molecular weight is 475 g/mol. The van der Waals surface area contributed by atoms with Gasteiger partial charge >= 0.3 is 5.97 Å². The Kier molecular flexibility index (Phi) is 6.48. The summed E-state index contributed by atoms with van der Waals surface area (Å²) in [5, 5.41) is 14.0. The molecule has 0 spiro atoms. The number of halogens is 1. The van der Waals surface area contributed by atoms with Gasteiger partial charge in [0.25, 0.3) is 0 Å². The molecule has 1 saturated heterocycles. The number of hydrogen-bond acceptors (Lipinski definition) is 5. The van der Waals surface area contributed by atoms with Crippen LogP contribution in [-0.4, -0.2) is 52.2 Å². The Labute approximate surface area is 202 Å². The van der Waals surface area contributed by atoms with Gasteiger partial charge in [0.05, 0.1) is 18.9 Å². The number of rotatable bonds is 7. The zero-order chi connectivity index (χ0) is 24.4. The van der Waals surface area contributed by atoms with Crippen molar-refractivity contribution in [2.75, 3.05) is 31.6 Å². The number of aromatic amines is 1. The standard InChI is InChI=1S/C27H27FN4O3/c1-2-20-18(16-32-10-12-35-13-11-32)4-3-5-23(20)30-25-21-14-24(17-6-8-19(28)9-7-17)31-26(21)29-15-22(25)27(33)34/h3-9,14-15H,2,10-13,16H2,1H3,(H,33,34)(H2,29,30,31). The third kappa shape index (κ3) is 4.76. The maximum absolute atomic E-state index is 13.4. The van der Waals surface area contributed by atoms with Crippen LogP contribution in [0.3, 0.4) is 0 Å². The highest BCUT2D eigenvalue weighted by Crippen LogP contribution is 2.34. The van der Waals surface area contributed by atoms with E-state index in [-0.39, 0.29) is 11.4 Å². The number of aromatic nitrogens is 2. The summed E-state index contributed by atoms with van der Waals surface area (Å²) in [4.78, 5) is 22.0. The van der Waals surface area contributed by atoms with Crippen molar-refractivity contribution in [3.63, 3.8) is 0 Å². The Hall–Kier alpha value is -3.75. The largest absolute Gasteiger partial charge is 0.478 e. The van der Waals surface area contributed by atoms with E-state index < -0.39 is 5.97 Å². The number of morpholine rings is 1. The maximum Gasteiger partial charge on any atom is 0.339 e. The lowest BCUT2D eigenvalue weighted by atomic mass is 10.0. The fraction of sp³-hybridized carbons (Fsp3) is 0.259. The minimum Gasteiger partial charge on any atom is -0.478 e. The van der Waals surface area contributed by atoms with Gasteiger partial charge in [-0.05, 0) is 59.5 Å². The number of nitrogens with one attached hydrogen (secondary N) is 2. The van der Waals surface area contributed by atoms with Crippen LogP contribution in [0.2, 0.25) is 0 Å². The second kappa shape index (κ2) is 9.85. The molecule has 1 aliphatic rings. The molecule has 0 aliphatic carbocycles. The Balaban J connectivity index is 1.56. The molecular formula is C27H27FN4O3. The molecule has 0 atom stereocenters. The van der Waals surface area contributed by atoms with Gasteiger partial charge in [-0.15, -0.1) is 0 Å². The fourth-order valence-electron chi connectivity index (χ4n) is 4.61. The highest BCUT2D eigenvalue weighted by molar-refractivity contribution is 6.06. The van der Waals surface area contributed by atoms with E-state index in [1.165, 1.54) is 23.9 Å². The smallest absolute Gasteiger partial charge is 0.339 e. The van der Waals surface area contributed by atoms with Gasteiger partial charge in [-0.25, -0.2) is 14.2 Å². The Bertz CT molecular complexity index is 1360. The average Bonchev–Trinajstić information content (AvgIpc) is 3.30. The third-order valence-electron chi connectivity index (χ3n) is 6.43. The van der Waals surface area contributed by atoms with Gasteiger partial charge in [-0.1, -0.05) is 19.1 Å². The van der Waals surface area contributed by atoms with E-state index in [4.69, 9.17) is 4.74 Å². The summed E-state index contributed by atoms with van der Waals surface area (Å²) in [7, 11) is 0. The number of pyridine rings is 1. The van der Waals surface area contributed by atoms with Crippen molar-refractivity contribution in [1.29, 1.82) is 0 Å². The lowest BCUT2D eigenvalue weighted by molar-refractivity contribution is 0.0341. The number of carboxylic acid groups (broad SMARTS) is 1. The number of benzene rings is 2. The van der Waals surface area contributed by atoms with Gasteiger partial charge in [0.2, 0.25) is 0 Å². The number of H-pyrrole nitrogens is 1. The van der Waals surface area contributed by atoms with E-state index in [9.17, 15) is 14.3 Å². The molecule has 4 aromatic rings. The highest BCUT2D eigenvalue weighted by atomic mass is 19.1. The normalized spacial score (nSPS) is 14.3. The van der Waals surface area contributed by atoms with Gasteiger partial charge in [0.15, 0.2) is 0 Å². The fourth-order valence-corrected chi connectivity index (χ4v) is 4.61. The minimum absolute atomic E-state index is 0.0859. The first-order valence-electron chi connectivity index (χ1n) is 11.7. The summed E-state index contributed by atoms with van der Waals surface area (Å²) >= 11 is 0. The first-order chi connectivity index (χ1) is 17.0. The van der Waals surface area contributed by atoms with Crippen molar-refractivity contribution in [2.45, 2.75) is 19.9 Å². The Morgan fingerprint density at radius 2 is 1.97 bits per heavy atom. The van der Waals surface area contributed by atoms with E-state index in [0.29, 0.717) is 16.7 Å². The molecule has 0 unspecified atom stereocenters. The van der Waals surface area contributed by atoms with Crippen LogP contribution in [0.5, 0.6) is 0 Å². The summed E-state index contributed by atoms with van der Waals surface area (Å²) in [6.45, 7) is 6.18. The second-order valence-electron chi connectivity index (χ2n) is 8.61. The molecule has 3 N–H and O–H groups in total. The molecule has 7 nitrogen and oxygen atoms in total. The number of carbonyl (C=O) groups is 1. The van der Waals surface area contributed by atoms with Crippen molar-refractivity contribution < 1.29 is 19.0 Å². The van der Waals surface area contributed by atoms with E-state index >= 15 is 0 Å². The quantitative estimate of drug-likeness (QED) is 0.341. The zero-order valence-electron chi connectivity index (χ0n) is 19.5. The monoisotopic (exact) mass is 474 g/mol. The first kappa shape index (κ1) is 23.0. The van der Waals surface area contributed by atoms with Crippen molar-refractivity contribution >= 4 is 28.4 Å². The van der Waals surface area contributed by atoms with Gasteiger partial charge in [0.1, 0.15) is 17.0 Å². The van der Waals surface area contributed by atoms with Crippen molar-refractivity contribution in [3.8, 4) is 11.3 Å². The van der Waals surface area contributed by atoms with Crippen LogP contribution in [0.15, 0.2) is 54.7 Å². The SMILES string of the molecule is CCc1c(CN2CCOCC2)cccc1Nc1c(C(=O)O)cnc2[nH]c(-c3ccc(F)cc3)cc12. The zero-order valence-corrected chi connectivity index (χ0v) is 19.5. The van der Waals surface area contributed by atoms with Crippen LogP contribution in [0.4, 0.5) is 15.8 Å². The number of nitrogens with zero attached hydrogens (tertiary/aromatic N) is 2. The molecule has 1 fully saturated rings. The predicted octanol–water partition coefficient (Wildman–Crippen LogP) is 5.21. The summed E-state index contributed by atoms with van der Waals surface area (Å²) < 4.78 is 18.9. The molecule has 0 amide bonds. The number of carboxylic acids is 1. The molecule has 0 radical (unpaired) electrons. The number of anilines is 2. The van der Waals surface area contributed by atoms with E-state index in [1.54, 1.807) is 12.1 Å². The summed E-state index contributed by atoms with van der Waals surface area (Å²) in [6.07, 6.45) is 2.16. The number of fused-ring (bicyclic) bond motifs is 1. The lowest BCUT2D eigenvalue weighted by Gasteiger charge is -2.28. The number of aromatic carboxylic acids is 1. The summed E-state index contributed by atoms with van der Waals surface area (Å²) in [5.74, 6) is -1.38. The van der Waals surface area contributed by atoms with E-state index in [1.807, 2.05) is 18.2 Å². The third-order valence-corrected chi connectivity index (χ3v) is 6.43. The Morgan fingerprint density at radius 3 is 2.69 bits per heavy atom. The van der Waals surface area contributed by atoms with E-state index in [0.717, 1.165) is 61.8 Å². The minimum atomic E-state index is -1.06. The second-order valence-corrected chi connectivity index (χ2v) is 8.61. The molecule has 8 heteroatoms. The molecule has 3 heterocycles. The van der Waals surface area contributed by atoms with E-state index in [2.05, 4.69) is 33.2 Å². The lowest BCUT2D eigenvalue weighted by Crippen LogP contribution is -2.35. The molecule has 2 aromatic heterocycles. The summed E-state index contributed by atoms with van der Waals surface area (Å²) in [5.41, 5.74) is 5.87. The summed E-state index contributed by atoms with van der Waals surface area (Å²) in [6, 6.07) is 14.1. The van der Waals surface area contributed by atoms with Crippen molar-refractivity contribution in [1.82, 2.24) is 14.9 Å². The Morgan fingerprint density at radius 1 is 1.20 bits per heavy atom. The molecule has 0 saturated carbocycles. The van der Waals surface area contributed by atoms with Gasteiger partial charge in [0, 0.05) is 42.6 Å². The van der Waals surface area contributed by atoms with Gasteiger partial charge < -0.3 is 20.1 Å². The molecule has 2 aromatic carbocycles. The molecular weight excluding hydrogens is 447 g/mol. The van der Waals surface area contributed by atoms with Crippen molar-refractivity contribution in [3.05, 3.63) is 77.2 Å². The molecule has 5 rings (SSSR count). The molecule has 1 aliphatic heterocycles. The van der Waals surface area contributed by atoms with Crippen LogP contribution in [0, 0.1) is 5.82 Å². The van der Waals surface area contributed by atoms with Crippen LogP contribution in [0.1, 0.15) is 28.4 Å². The predicted molar refractivity (Wildman–Crippen MR) is 134 cm³/mol.